The number of nitrogen functional groups attached to an aromatic ring is 1. The van der Waals surface area contributed by atoms with Crippen LogP contribution >= 0.6 is 23.8 Å². The van der Waals surface area contributed by atoms with Crippen LogP contribution in [-0.2, 0) is 17.6 Å². The van der Waals surface area contributed by atoms with E-state index >= 15 is 0 Å². The van der Waals surface area contributed by atoms with E-state index in [0.29, 0.717) is 15.8 Å². The largest absolute Gasteiger partial charge is 0.397 e. The lowest BCUT2D eigenvalue weighted by Gasteiger charge is -2.19. The molecule has 0 aromatic heterocycles. The van der Waals surface area contributed by atoms with Crippen molar-refractivity contribution in [1.82, 2.24) is 0 Å². The van der Waals surface area contributed by atoms with Crippen LogP contribution in [0.25, 0.3) is 0 Å². The van der Waals surface area contributed by atoms with E-state index in [4.69, 9.17) is 29.6 Å². The third-order valence-electron chi connectivity index (χ3n) is 4.22. The third-order valence-corrected chi connectivity index (χ3v) is 4.86. The summed E-state index contributed by atoms with van der Waals surface area (Å²) in [4.78, 5) is 11.1. The molecule has 150 valence electrons. The van der Waals surface area contributed by atoms with Crippen molar-refractivity contribution in [3.8, 4) is 0 Å². The first-order valence-corrected chi connectivity index (χ1v) is 10.2. The molecule has 2 rings (SSSR count). The molecule has 0 spiro atoms. The third kappa shape index (κ3) is 5.84. The summed E-state index contributed by atoms with van der Waals surface area (Å²) in [5.74, 6) is -0.107. The summed E-state index contributed by atoms with van der Waals surface area (Å²) in [6, 6.07) is 9.38. The Labute approximate surface area is 177 Å². The second kappa shape index (κ2) is 10.3. The SMILES string of the molecule is CCCc1cc(NC(=S)Nc2ccc(NC(C)=O)cc2)c(CCC)c(Cl)c1N. The zero-order valence-corrected chi connectivity index (χ0v) is 18.1. The number of thiocarbonyl (C=S) groups is 1. The second-order valence-corrected chi connectivity index (χ2v) is 7.41. The van der Waals surface area contributed by atoms with Gasteiger partial charge in [0, 0.05) is 24.0 Å². The average Bonchev–Trinajstić information content (AvgIpc) is 2.64. The maximum absolute atomic E-state index is 11.1. The molecule has 0 aliphatic rings. The molecule has 0 saturated carbocycles. The van der Waals surface area contributed by atoms with Gasteiger partial charge in [-0.3, -0.25) is 4.79 Å². The number of carbonyl (C=O) groups is 1. The molecule has 7 heteroatoms. The highest BCUT2D eigenvalue weighted by atomic mass is 35.5. The van der Waals surface area contributed by atoms with Crippen LogP contribution in [0.2, 0.25) is 5.02 Å². The predicted molar refractivity (Wildman–Crippen MR) is 124 cm³/mol. The van der Waals surface area contributed by atoms with E-state index in [-0.39, 0.29) is 5.91 Å². The summed E-state index contributed by atoms with van der Waals surface area (Å²) < 4.78 is 0. The van der Waals surface area contributed by atoms with Crippen molar-refractivity contribution < 1.29 is 4.79 Å². The van der Waals surface area contributed by atoms with Gasteiger partial charge in [-0.1, -0.05) is 38.3 Å². The second-order valence-electron chi connectivity index (χ2n) is 6.63. The van der Waals surface area contributed by atoms with E-state index in [2.05, 4.69) is 29.8 Å². The van der Waals surface area contributed by atoms with Crippen LogP contribution in [-0.4, -0.2) is 11.0 Å². The molecule has 0 aliphatic heterocycles. The van der Waals surface area contributed by atoms with Crippen molar-refractivity contribution in [2.75, 3.05) is 21.7 Å². The van der Waals surface area contributed by atoms with Gasteiger partial charge >= 0.3 is 0 Å². The molecule has 0 unspecified atom stereocenters. The van der Waals surface area contributed by atoms with E-state index in [1.807, 2.05) is 30.3 Å². The van der Waals surface area contributed by atoms with Crippen molar-refractivity contribution in [2.24, 2.45) is 0 Å². The van der Waals surface area contributed by atoms with Gasteiger partial charge < -0.3 is 21.7 Å². The number of halogens is 1. The quantitative estimate of drug-likeness (QED) is 0.348. The fourth-order valence-corrected chi connectivity index (χ4v) is 3.51. The van der Waals surface area contributed by atoms with Gasteiger partial charge in [0.2, 0.25) is 5.91 Å². The molecule has 0 fully saturated rings. The topological polar surface area (TPSA) is 79.2 Å². The Morgan fingerprint density at radius 2 is 1.61 bits per heavy atom. The lowest BCUT2D eigenvalue weighted by molar-refractivity contribution is -0.114. The molecule has 0 heterocycles. The van der Waals surface area contributed by atoms with Crippen LogP contribution in [0, 0.1) is 0 Å². The van der Waals surface area contributed by atoms with E-state index < -0.39 is 0 Å². The Kier molecular flexibility index (Phi) is 8.08. The highest BCUT2D eigenvalue weighted by molar-refractivity contribution is 7.80. The number of nitrogens with two attached hydrogens (primary N) is 1. The van der Waals surface area contributed by atoms with Gasteiger partial charge in [0.25, 0.3) is 0 Å². The molecular weight excluding hydrogens is 392 g/mol. The predicted octanol–water partition coefficient (Wildman–Crippen LogP) is 5.59. The smallest absolute Gasteiger partial charge is 0.221 e. The molecule has 0 atom stereocenters. The Morgan fingerprint density at radius 1 is 1.04 bits per heavy atom. The highest BCUT2D eigenvalue weighted by Gasteiger charge is 2.15. The van der Waals surface area contributed by atoms with Gasteiger partial charge in [-0.25, -0.2) is 0 Å². The van der Waals surface area contributed by atoms with Gasteiger partial charge in [0.1, 0.15) is 0 Å². The molecule has 2 aromatic rings. The number of benzene rings is 2. The van der Waals surface area contributed by atoms with Crippen LogP contribution in [0.3, 0.4) is 0 Å². The van der Waals surface area contributed by atoms with E-state index in [1.54, 1.807) is 0 Å². The number of anilines is 4. The minimum atomic E-state index is -0.107. The van der Waals surface area contributed by atoms with Crippen LogP contribution in [0.4, 0.5) is 22.7 Å². The molecule has 0 bridgehead atoms. The van der Waals surface area contributed by atoms with E-state index in [1.165, 1.54) is 6.92 Å². The first-order valence-electron chi connectivity index (χ1n) is 9.41. The normalized spacial score (nSPS) is 10.4. The molecule has 0 radical (unpaired) electrons. The monoisotopic (exact) mass is 418 g/mol. The van der Waals surface area contributed by atoms with Crippen molar-refractivity contribution in [3.63, 3.8) is 0 Å². The van der Waals surface area contributed by atoms with Crippen LogP contribution in [0.1, 0.15) is 44.7 Å². The number of hydrogen-bond donors (Lipinski definition) is 4. The fourth-order valence-electron chi connectivity index (χ4n) is 2.97. The van der Waals surface area contributed by atoms with Gasteiger partial charge in [-0.05, 0) is 66.5 Å². The zero-order valence-electron chi connectivity index (χ0n) is 16.5. The van der Waals surface area contributed by atoms with Crippen molar-refractivity contribution in [2.45, 2.75) is 46.5 Å². The number of aryl methyl sites for hydroxylation is 1. The summed E-state index contributed by atoms with van der Waals surface area (Å²) in [6.07, 6.45) is 3.60. The lowest BCUT2D eigenvalue weighted by Crippen LogP contribution is -2.20. The number of carbonyl (C=O) groups excluding carboxylic acids is 1. The standard InChI is InChI=1S/C21H27ClN4OS/c1-4-6-14-12-18(17(7-5-2)19(22)20(14)23)26-21(28)25-16-10-8-15(9-11-16)24-13(3)27/h8-12H,4-7,23H2,1-3H3,(H,24,27)(H2,25,26,28). The summed E-state index contributed by atoms with van der Waals surface area (Å²) in [5, 5.41) is 10.2. The van der Waals surface area contributed by atoms with Gasteiger partial charge in [0.15, 0.2) is 5.11 Å². The molecule has 28 heavy (non-hydrogen) atoms. The minimum absolute atomic E-state index is 0.107. The van der Waals surface area contributed by atoms with Crippen LogP contribution in [0.15, 0.2) is 30.3 Å². The number of rotatable bonds is 7. The summed E-state index contributed by atoms with van der Waals surface area (Å²) in [7, 11) is 0. The van der Waals surface area contributed by atoms with Crippen molar-refractivity contribution in [3.05, 3.63) is 46.5 Å². The number of nitrogens with one attached hydrogen (secondary N) is 3. The van der Waals surface area contributed by atoms with Gasteiger partial charge in [-0.15, -0.1) is 0 Å². The lowest BCUT2D eigenvalue weighted by atomic mass is 10.00. The molecule has 1 amide bonds. The minimum Gasteiger partial charge on any atom is -0.397 e. The number of hydrogen-bond acceptors (Lipinski definition) is 3. The Morgan fingerprint density at radius 3 is 2.14 bits per heavy atom. The Balaban J connectivity index is 2.18. The molecular formula is C21H27ClN4OS. The first kappa shape index (κ1) is 22.0. The summed E-state index contributed by atoms with van der Waals surface area (Å²) >= 11 is 12.0. The van der Waals surface area contributed by atoms with Gasteiger partial charge in [0.05, 0.1) is 10.7 Å². The molecule has 5 N–H and O–H groups in total. The summed E-state index contributed by atoms with van der Waals surface area (Å²) in [5.41, 5.74) is 11.3. The van der Waals surface area contributed by atoms with Crippen molar-refractivity contribution in [1.29, 1.82) is 0 Å². The molecule has 0 saturated heterocycles. The Hall–Kier alpha value is -2.31. The maximum atomic E-state index is 11.1. The Bertz CT molecular complexity index is 852. The van der Waals surface area contributed by atoms with Crippen LogP contribution < -0.4 is 21.7 Å². The van der Waals surface area contributed by atoms with Crippen LogP contribution in [0.5, 0.6) is 0 Å². The maximum Gasteiger partial charge on any atom is 0.221 e. The average molecular weight is 419 g/mol. The highest BCUT2D eigenvalue weighted by Crippen LogP contribution is 2.35. The fraction of sp³-hybridized carbons (Fsp3) is 0.333. The molecule has 0 aliphatic carbocycles. The van der Waals surface area contributed by atoms with E-state index in [0.717, 1.165) is 53.9 Å². The molecule has 5 nitrogen and oxygen atoms in total. The summed E-state index contributed by atoms with van der Waals surface area (Å²) in [6.45, 7) is 5.68. The van der Waals surface area contributed by atoms with E-state index in [9.17, 15) is 4.79 Å². The zero-order chi connectivity index (χ0) is 20.7. The number of amides is 1. The van der Waals surface area contributed by atoms with Gasteiger partial charge in [-0.2, -0.15) is 0 Å². The van der Waals surface area contributed by atoms with Crippen molar-refractivity contribution >= 4 is 57.6 Å². The first-order chi connectivity index (χ1) is 13.3. The molecule has 2 aromatic carbocycles.